The molecular weight excluding hydrogens is 302 g/mol. The van der Waals surface area contributed by atoms with Gasteiger partial charge < -0.3 is 15.0 Å². The van der Waals surface area contributed by atoms with Gasteiger partial charge in [-0.1, -0.05) is 6.92 Å². The summed E-state index contributed by atoms with van der Waals surface area (Å²) in [6.45, 7) is 4.54. The predicted molar refractivity (Wildman–Crippen MR) is 95.9 cm³/mol. The topological polar surface area (TPSA) is 67.0 Å². The molecular formula is C19H25N3O2. The summed E-state index contributed by atoms with van der Waals surface area (Å²) in [6, 6.07) is 4.11. The fourth-order valence-corrected chi connectivity index (χ4v) is 3.32. The first kappa shape index (κ1) is 16.6. The molecule has 24 heavy (non-hydrogen) atoms. The number of methoxy groups -OCH3 is 1. The lowest BCUT2D eigenvalue weighted by Crippen LogP contribution is -2.17. The Morgan fingerprint density at radius 1 is 1.25 bits per heavy atom. The van der Waals surface area contributed by atoms with Gasteiger partial charge in [-0.15, -0.1) is 0 Å². The number of pyridine rings is 2. The van der Waals surface area contributed by atoms with E-state index in [-0.39, 0.29) is 5.56 Å². The van der Waals surface area contributed by atoms with Gasteiger partial charge in [-0.25, -0.2) is 4.98 Å². The number of aromatic nitrogens is 2. The Morgan fingerprint density at radius 3 is 2.79 bits per heavy atom. The van der Waals surface area contributed by atoms with Gasteiger partial charge in [-0.3, -0.25) is 4.79 Å². The molecule has 0 fully saturated rings. The lowest BCUT2D eigenvalue weighted by atomic mass is 9.95. The highest BCUT2D eigenvalue weighted by molar-refractivity contribution is 5.47. The number of hydrogen-bond acceptors (Lipinski definition) is 4. The van der Waals surface area contributed by atoms with Crippen molar-refractivity contribution in [2.24, 2.45) is 0 Å². The molecule has 2 heterocycles. The smallest absolute Gasteiger partial charge is 0.271 e. The minimum atomic E-state index is -0.0883. The lowest BCUT2D eigenvalue weighted by Gasteiger charge is -2.18. The molecule has 0 amide bonds. The maximum Gasteiger partial charge on any atom is 0.271 e. The van der Waals surface area contributed by atoms with E-state index in [9.17, 15) is 4.79 Å². The van der Waals surface area contributed by atoms with E-state index in [2.05, 4.69) is 28.3 Å². The van der Waals surface area contributed by atoms with E-state index in [0.29, 0.717) is 18.1 Å². The van der Waals surface area contributed by atoms with Gasteiger partial charge in [0.1, 0.15) is 5.69 Å². The number of H-pyrrole nitrogens is 1. The predicted octanol–water partition coefficient (Wildman–Crippen LogP) is 3.14. The summed E-state index contributed by atoms with van der Waals surface area (Å²) in [5, 5.41) is 3.25. The van der Waals surface area contributed by atoms with Gasteiger partial charge in [0.15, 0.2) is 0 Å². The maximum atomic E-state index is 12.2. The van der Waals surface area contributed by atoms with Crippen molar-refractivity contribution in [3.8, 4) is 5.88 Å². The Balaban J connectivity index is 1.85. The Hall–Kier alpha value is -2.30. The second kappa shape index (κ2) is 7.07. The van der Waals surface area contributed by atoms with E-state index in [1.807, 2.05) is 13.0 Å². The fraction of sp³-hybridized carbons (Fsp3) is 0.474. The number of rotatable bonds is 5. The molecule has 1 aliphatic carbocycles. The van der Waals surface area contributed by atoms with Gasteiger partial charge in [-0.05, 0) is 62.3 Å². The maximum absolute atomic E-state index is 12.2. The molecule has 2 aromatic rings. The highest BCUT2D eigenvalue weighted by atomic mass is 16.5. The Bertz CT molecular complexity index is 796. The third kappa shape index (κ3) is 3.30. The molecule has 1 aliphatic rings. The lowest BCUT2D eigenvalue weighted by molar-refractivity contribution is 0.390. The number of ether oxygens (including phenoxy) is 1. The first-order valence-corrected chi connectivity index (χ1v) is 8.64. The molecule has 2 aromatic heterocycles. The van der Waals surface area contributed by atoms with E-state index >= 15 is 0 Å². The van der Waals surface area contributed by atoms with Crippen LogP contribution in [0.1, 0.15) is 47.8 Å². The van der Waals surface area contributed by atoms with Crippen molar-refractivity contribution in [3.05, 3.63) is 50.6 Å². The summed E-state index contributed by atoms with van der Waals surface area (Å²) in [5.41, 5.74) is 6.05. The number of anilines is 1. The summed E-state index contributed by atoms with van der Waals surface area (Å²) in [5.74, 6) is 0.655. The van der Waals surface area contributed by atoms with Crippen LogP contribution < -0.4 is 15.6 Å². The molecule has 0 aromatic carbocycles. The quantitative estimate of drug-likeness (QED) is 0.885. The molecule has 128 valence electrons. The van der Waals surface area contributed by atoms with Crippen molar-refractivity contribution < 1.29 is 4.74 Å². The molecule has 2 N–H and O–H groups in total. The van der Waals surface area contributed by atoms with Gasteiger partial charge in [-0.2, -0.15) is 0 Å². The zero-order valence-corrected chi connectivity index (χ0v) is 14.7. The zero-order valence-electron chi connectivity index (χ0n) is 14.7. The molecule has 5 nitrogen and oxygen atoms in total. The van der Waals surface area contributed by atoms with E-state index in [4.69, 9.17) is 4.74 Å². The molecule has 0 saturated carbocycles. The second-order valence-corrected chi connectivity index (χ2v) is 6.34. The van der Waals surface area contributed by atoms with Gasteiger partial charge in [0.05, 0.1) is 7.11 Å². The molecule has 0 spiro atoms. The number of aromatic amines is 1. The van der Waals surface area contributed by atoms with Crippen molar-refractivity contribution in [2.75, 3.05) is 12.4 Å². The number of nitrogens with one attached hydrogen (secondary N) is 2. The minimum Gasteiger partial charge on any atom is -0.481 e. The molecule has 0 saturated heterocycles. The van der Waals surface area contributed by atoms with Crippen LogP contribution in [0.3, 0.4) is 0 Å². The summed E-state index contributed by atoms with van der Waals surface area (Å²) < 4.78 is 5.46. The molecule has 0 atom stereocenters. The van der Waals surface area contributed by atoms with E-state index in [1.165, 1.54) is 18.4 Å². The van der Waals surface area contributed by atoms with Crippen molar-refractivity contribution in [3.63, 3.8) is 0 Å². The molecule has 5 heteroatoms. The van der Waals surface area contributed by atoms with E-state index in [0.717, 1.165) is 41.8 Å². The zero-order chi connectivity index (χ0) is 17.1. The molecule has 0 unspecified atom stereocenters. The minimum absolute atomic E-state index is 0.0883. The third-order valence-corrected chi connectivity index (χ3v) is 4.73. The summed E-state index contributed by atoms with van der Waals surface area (Å²) in [7, 11) is 1.65. The van der Waals surface area contributed by atoms with E-state index < -0.39 is 0 Å². The van der Waals surface area contributed by atoms with Crippen LogP contribution in [0.4, 0.5) is 5.69 Å². The van der Waals surface area contributed by atoms with Crippen LogP contribution in [0, 0.1) is 6.92 Å². The number of fused-ring (bicyclic) bond motifs is 1. The first-order valence-electron chi connectivity index (χ1n) is 8.64. The van der Waals surface area contributed by atoms with Crippen LogP contribution >= 0.6 is 0 Å². The van der Waals surface area contributed by atoms with Gasteiger partial charge >= 0.3 is 0 Å². The molecule has 0 aliphatic heterocycles. The van der Waals surface area contributed by atoms with Crippen molar-refractivity contribution in [2.45, 2.75) is 52.5 Å². The van der Waals surface area contributed by atoms with Crippen LogP contribution in [0.2, 0.25) is 0 Å². The third-order valence-electron chi connectivity index (χ3n) is 4.73. The average molecular weight is 327 g/mol. The summed E-state index contributed by atoms with van der Waals surface area (Å²) >= 11 is 0. The van der Waals surface area contributed by atoms with Crippen LogP contribution in [-0.4, -0.2) is 17.1 Å². The van der Waals surface area contributed by atoms with Gasteiger partial charge in [0.2, 0.25) is 5.88 Å². The number of aryl methyl sites for hydroxylation is 4. The summed E-state index contributed by atoms with van der Waals surface area (Å²) in [6.07, 6.45) is 5.40. The van der Waals surface area contributed by atoms with Crippen molar-refractivity contribution in [1.29, 1.82) is 0 Å². The van der Waals surface area contributed by atoms with Gasteiger partial charge in [0.25, 0.3) is 5.56 Å². The summed E-state index contributed by atoms with van der Waals surface area (Å²) in [4.78, 5) is 19.7. The highest BCUT2D eigenvalue weighted by Crippen LogP contribution is 2.26. The van der Waals surface area contributed by atoms with Crippen LogP contribution in [0.15, 0.2) is 16.9 Å². The standard InChI is InChI=1S/C19H25N3O2/c1-4-13-10-17(18(23)21-12(13)2)20-11-15-9-14-7-5-6-8-16(14)22-19(15)24-3/h9-10,20H,4-8,11H2,1-3H3,(H,21,23). The Kier molecular flexibility index (Phi) is 4.88. The van der Waals surface area contributed by atoms with Gasteiger partial charge in [0, 0.05) is 23.5 Å². The van der Waals surface area contributed by atoms with Crippen LogP contribution in [0.25, 0.3) is 0 Å². The van der Waals surface area contributed by atoms with Crippen molar-refractivity contribution >= 4 is 5.69 Å². The second-order valence-electron chi connectivity index (χ2n) is 6.34. The van der Waals surface area contributed by atoms with Crippen LogP contribution in [0.5, 0.6) is 5.88 Å². The molecule has 0 radical (unpaired) electrons. The monoisotopic (exact) mass is 327 g/mol. The number of nitrogens with zero attached hydrogens (tertiary/aromatic N) is 1. The Morgan fingerprint density at radius 2 is 2.04 bits per heavy atom. The first-order chi connectivity index (χ1) is 11.6. The number of hydrogen-bond donors (Lipinski definition) is 2. The molecule has 0 bridgehead atoms. The normalized spacial score (nSPS) is 13.5. The largest absolute Gasteiger partial charge is 0.481 e. The fourth-order valence-electron chi connectivity index (χ4n) is 3.32. The average Bonchev–Trinajstić information content (AvgIpc) is 2.60. The Labute approximate surface area is 142 Å². The SMILES string of the molecule is CCc1cc(NCc2cc3c(nc2OC)CCCC3)c(=O)[nH]c1C. The van der Waals surface area contributed by atoms with E-state index in [1.54, 1.807) is 7.11 Å². The molecule has 3 rings (SSSR count). The van der Waals surface area contributed by atoms with Crippen molar-refractivity contribution in [1.82, 2.24) is 9.97 Å². The highest BCUT2D eigenvalue weighted by Gasteiger charge is 2.16. The van der Waals surface area contributed by atoms with Crippen LogP contribution in [-0.2, 0) is 25.8 Å².